The molecule has 0 aromatic rings. The second kappa shape index (κ2) is 7.13. The van der Waals surface area contributed by atoms with Gasteiger partial charge in [-0.3, -0.25) is 0 Å². The average molecular weight is 219 g/mol. The van der Waals surface area contributed by atoms with Gasteiger partial charge in [-0.1, -0.05) is 34.6 Å². The molecule has 0 bridgehead atoms. The van der Waals surface area contributed by atoms with Crippen LogP contribution in [-0.2, 0) is 25.8 Å². The zero-order chi connectivity index (χ0) is 9.89. The third-order valence-electron chi connectivity index (χ3n) is 2.44. The molecule has 2 unspecified atom stereocenters. The Bertz CT molecular complexity index is 112. The fourth-order valence-corrected chi connectivity index (χ4v) is 1.42. The van der Waals surface area contributed by atoms with Gasteiger partial charge in [0.05, 0.1) is 12.2 Å². The van der Waals surface area contributed by atoms with Gasteiger partial charge in [0.1, 0.15) is 0 Å². The predicted octanol–water partition coefficient (Wildman–Crippen LogP) is 1.65. The van der Waals surface area contributed by atoms with Crippen molar-refractivity contribution in [3.8, 4) is 0 Å². The molecule has 0 spiro atoms. The van der Waals surface area contributed by atoms with Crippen molar-refractivity contribution in [3.63, 3.8) is 0 Å². The van der Waals surface area contributed by atoms with Crippen molar-refractivity contribution in [2.24, 2.45) is 17.8 Å². The Morgan fingerprint density at radius 1 is 0.692 bits per heavy atom. The summed E-state index contributed by atoms with van der Waals surface area (Å²) >= 11 is 0. The molecule has 0 aromatic carbocycles. The van der Waals surface area contributed by atoms with Gasteiger partial charge in [-0.05, 0) is 11.8 Å². The zero-order valence-electron chi connectivity index (χ0n) is 9.36. The van der Waals surface area contributed by atoms with E-state index in [1.165, 1.54) is 0 Å². The van der Waals surface area contributed by atoms with Gasteiger partial charge in [0, 0.05) is 31.8 Å². The predicted molar refractivity (Wildman–Crippen MR) is 50.9 cm³/mol. The quantitative estimate of drug-likeness (QED) is 0.754. The minimum atomic E-state index is -0.401. The Morgan fingerprint density at radius 3 is 1.08 bits per heavy atom. The topological polar surface area (TPSA) is 40.5 Å². The zero-order valence-corrected chi connectivity index (χ0v) is 11.2. The van der Waals surface area contributed by atoms with Gasteiger partial charge in [-0.15, -0.1) is 0 Å². The second-order valence-corrected chi connectivity index (χ2v) is 4.33. The second-order valence-electron chi connectivity index (χ2n) is 4.33. The molecular weight excluding hydrogens is 197 g/mol. The molecule has 3 heteroatoms. The summed E-state index contributed by atoms with van der Waals surface area (Å²) in [6.45, 7) is 9.76. The molecule has 2 nitrogen and oxygen atoms in total. The van der Waals surface area contributed by atoms with Gasteiger partial charge in [-0.2, -0.15) is 0 Å². The first-order valence-electron chi connectivity index (χ1n) is 4.74. The standard InChI is InChI=1S/C10H22O2.Sc/c1-6(2)9(11)8(5)10(12)7(3)4;/h6-12H,1-5H3;. The van der Waals surface area contributed by atoms with Gasteiger partial charge in [-0.25, -0.2) is 0 Å². The Balaban J connectivity index is 0. The Kier molecular flexibility index (Phi) is 8.90. The summed E-state index contributed by atoms with van der Waals surface area (Å²) in [7, 11) is 0. The van der Waals surface area contributed by atoms with Gasteiger partial charge in [0.25, 0.3) is 0 Å². The smallest absolute Gasteiger partial charge is 0.0613 e. The van der Waals surface area contributed by atoms with Crippen LogP contribution >= 0.6 is 0 Å². The van der Waals surface area contributed by atoms with E-state index in [1.54, 1.807) is 0 Å². The molecule has 77 valence electrons. The average Bonchev–Trinajstić information content (AvgIpc) is 2.00. The summed E-state index contributed by atoms with van der Waals surface area (Å²) in [6, 6.07) is 0. The SMILES string of the molecule is CC(C)C(O)C(C)C(O)C(C)C.[Sc]. The van der Waals surface area contributed by atoms with Crippen LogP contribution in [0.5, 0.6) is 0 Å². The Hall–Kier alpha value is 0.790. The first-order valence-corrected chi connectivity index (χ1v) is 4.74. The summed E-state index contributed by atoms with van der Waals surface area (Å²) in [5, 5.41) is 19.3. The molecule has 0 amide bonds. The maximum atomic E-state index is 9.65. The molecule has 2 atom stereocenters. The third-order valence-corrected chi connectivity index (χ3v) is 2.44. The molecule has 1 radical (unpaired) electrons. The van der Waals surface area contributed by atoms with Gasteiger partial charge < -0.3 is 10.2 Å². The van der Waals surface area contributed by atoms with Crippen molar-refractivity contribution in [2.75, 3.05) is 0 Å². The minimum Gasteiger partial charge on any atom is -0.392 e. The number of aliphatic hydroxyl groups excluding tert-OH is 2. The monoisotopic (exact) mass is 219 g/mol. The summed E-state index contributed by atoms with van der Waals surface area (Å²) in [4.78, 5) is 0. The molecule has 0 saturated heterocycles. The summed E-state index contributed by atoms with van der Waals surface area (Å²) in [6.07, 6.45) is -0.801. The number of aliphatic hydroxyl groups is 2. The van der Waals surface area contributed by atoms with E-state index >= 15 is 0 Å². The van der Waals surface area contributed by atoms with Crippen LogP contribution in [0.25, 0.3) is 0 Å². The summed E-state index contributed by atoms with van der Waals surface area (Å²) in [5.41, 5.74) is 0. The Morgan fingerprint density at radius 2 is 0.923 bits per heavy atom. The van der Waals surface area contributed by atoms with Crippen LogP contribution in [0.1, 0.15) is 34.6 Å². The van der Waals surface area contributed by atoms with E-state index in [1.807, 2.05) is 34.6 Å². The molecule has 0 rings (SSSR count). The summed E-state index contributed by atoms with van der Waals surface area (Å²) in [5.74, 6) is 0.395. The van der Waals surface area contributed by atoms with Gasteiger partial charge >= 0.3 is 0 Å². The van der Waals surface area contributed by atoms with Crippen LogP contribution in [0, 0.1) is 17.8 Å². The van der Waals surface area contributed by atoms with Crippen LogP contribution in [0.2, 0.25) is 0 Å². The largest absolute Gasteiger partial charge is 0.392 e. The van der Waals surface area contributed by atoms with E-state index in [-0.39, 0.29) is 43.6 Å². The van der Waals surface area contributed by atoms with Gasteiger partial charge in [0.15, 0.2) is 0 Å². The fraction of sp³-hybridized carbons (Fsp3) is 1.00. The van der Waals surface area contributed by atoms with Crippen LogP contribution in [0.15, 0.2) is 0 Å². The molecule has 0 aromatic heterocycles. The van der Waals surface area contributed by atoms with E-state index in [4.69, 9.17) is 0 Å². The van der Waals surface area contributed by atoms with Crippen LogP contribution in [-0.4, -0.2) is 22.4 Å². The first-order chi connectivity index (χ1) is 5.37. The van der Waals surface area contributed by atoms with E-state index in [2.05, 4.69) is 0 Å². The molecule has 0 aliphatic rings. The van der Waals surface area contributed by atoms with Crippen molar-refractivity contribution in [1.82, 2.24) is 0 Å². The van der Waals surface area contributed by atoms with E-state index in [9.17, 15) is 10.2 Å². The van der Waals surface area contributed by atoms with Crippen molar-refractivity contribution < 1.29 is 36.1 Å². The number of rotatable bonds is 4. The molecular formula is C10H22O2Sc. The van der Waals surface area contributed by atoms with Crippen LogP contribution in [0.4, 0.5) is 0 Å². The summed E-state index contributed by atoms with van der Waals surface area (Å²) < 4.78 is 0. The van der Waals surface area contributed by atoms with E-state index in [0.29, 0.717) is 0 Å². The van der Waals surface area contributed by atoms with Crippen molar-refractivity contribution in [2.45, 2.75) is 46.8 Å². The molecule has 0 heterocycles. The molecule has 0 fully saturated rings. The third kappa shape index (κ3) is 5.28. The molecule has 0 saturated carbocycles. The fourth-order valence-electron chi connectivity index (χ4n) is 1.42. The maximum Gasteiger partial charge on any atom is 0.0613 e. The van der Waals surface area contributed by atoms with Crippen molar-refractivity contribution in [3.05, 3.63) is 0 Å². The molecule has 0 aliphatic heterocycles. The maximum absolute atomic E-state index is 9.65. The van der Waals surface area contributed by atoms with E-state index in [0.717, 1.165) is 0 Å². The van der Waals surface area contributed by atoms with Crippen molar-refractivity contribution >= 4 is 0 Å². The van der Waals surface area contributed by atoms with E-state index < -0.39 is 12.2 Å². The number of hydrogen-bond acceptors (Lipinski definition) is 2. The van der Waals surface area contributed by atoms with Crippen LogP contribution < -0.4 is 0 Å². The van der Waals surface area contributed by atoms with Crippen molar-refractivity contribution in [1.29, 1.82) is 0 Å². The molecule has 2 N–H and O–H groups in total. The number of hydrogen-bond donors (Lipinski definition) is 2. The van der Waals surface area contributed by atoms with Crippen LogP contribution in [0.3, 0.4) is 0 Å². The van der Waals surface area contributed by atoms with Gasteiger partial charge in [0.2, 0.25) is 0 Å². The molecule has 0 aliphatic carbocycles. The molecule has 13 heavy (non-hydrogen) atoms. The Labute approximate surface area is 101 Å². The first kappa shape index (κ1) is 16.2. The minimum absolute atomic E-state index is 0. The normalized spacial score (nSPS) is 18.2.